The van der Waals surface area contributed by atoms with Crippen LogP contribution in [0.5, 0.6) is 0 Å². The fourth-order valence-electron chi connectivity index (χ4n) is 2.77. The van der Waals surface area contributed by atoms with Crippen molar-refractivity contribution in [2.24, 2.45) is 0 Å². The minimum Gasteiger partial charge on any atom is -0.315 e. The quantitative estimate of drug-likeness (QED) is 0.695. The van der Waals surface area contributed by atoms with E-state index in [2.05, 4.69) is 5.32 Å². The number of nitrogens with zero attached hydrogens (tertiary/aromatic N) is 2. The third-order valence-corrected chi connectivity index (χ3v) is 4.38. The van der Waals surface area contributed by atoms with Crippen LogP contribution in [-0.2, 0) is 16.1 Å². The van der Waals surface area contributed by atoms with E-state index in [1.54, 1.807) is 30.6 Å². The standard InChI is InChI=1S/C19H16ClN3O4/c1-11-16-19(27)23(9-13-4-3-5-14(20)8-13)7-6-22(16)10-15(17(11)25)21-18(26)12(2)24/h3-8,10H,9H2,1-2H3,(H,21,26). The lowest BCUT2D eigenvalue weighted by molar-refractivity contribution is -0.133. The lowest BCUT2D eigenvalue weighted by atomic mass is 10.2. The highest BCUT2D eigenvalue weighted by molar-refractivity contribution is 6.39. The van der Waals surface area contributed by atoms with Crippen LogP contribution in [0.15, 0.2) is 52.4 Å². The molecule has 1 aromatic carbocycles. The van der Waals surface area contributed by atoms with Gasteiger partial charge in [-0.25, -0.2) is 0 Å². The van der Waals surface area contributed by atoms with Crippen molar-refractivity contribution in [1.29, 1.82) is 0 Å². The van der Waals surface area contributed by atoms with Crippen molar-refractivity contribution < 1.29 is 9.59 Å². The summed E-state index contributed by atoms with van der Waals surface area (Å²) in [7, 11) is 0. The Morgan fingerprint density at radius 2 is 1.93 bits per heavy atom. The van der Waals surface area contributed by atoms with E-state index in [0.29, 0.717) is 11.6 Å². The normalized spacial score (nSPS) is 10.8. The Hall–Kier alpha value is -3.19. The molecule has 3 rings (SSSR count). The third kappa shape index (κ3) is 3.68. The van der Waals surface area contributed by atoms with E-state index in [4.69, 9.17) is 11.6 Å². The summed E-state index contributed by atoms with van der Waals surface area (Å²) in [5.41, 5.74) is 0.308. The Balaban J connectivity index is 2.10. The molecule has 7 nitrogen and oxygen atoms in total. The number of hydrogen-bond acceptors (Lipinski definition) is 4. The molecule has 2 heterocycles. The monoisotopic (exact) mass is 385 g/mol. The molecule has 3 aromatic rings. The van der Waals surface area contributed by atoms with Gasteiger partial charge < -0.3 is 14.3 Å². The first-order valence-electron chi connectivity index (χ1n) is 8.09. The lowest BCUT2D eigenvalue weighted by Crippen LogP contribution is -2.29. The summed E-state index contributed by atoms with van der Waals surface area (Å²) < 4.78 is 2.94. The third-order valence-electron chi connectivity index (χ3n) is 4.15. The second-order valence-corrected chi connectivity index (χ2v) is 6.56. The highest BCUT2D eigenvalue weighted by Crippen LogP contribution is 2.12. The smallest absolute Gasteiger partial charge is 0.291 e. The van der Waals surface area contributed by atoms with Crippen LogP contribution in [0.3, 0.4) is 0 Å². The maximum absolute atomic E-state index is 12.9. The van der Waals surface area contributed by atoms with Gasteiger partial charge in [-0.2, -0.15) is 0 Å². The number of nitrogens with one attached hydrogen (secondary N) is 1. The van der Waals surface area contributed by atoms with E-state index < -0.39 is 17.1 Å². The summed E-state index contributed by atoms with van der Waals surface area (Å²) in [6, 6.07) is 7.15. The number of anilines is 1. The molecule has 27 heavy (non-hydrogen) atoms. The van der Waals surface area contributed by atoms with Crippen LogP contribution in [0.2, 0.25) is 5.02 Å². The van der Waals surface area contributed by atoms with Crippen LogP contribution in [0.1, 0.15) is 18.1 Å². The predicted octanol–water partition coefficient (Wildman–Crippen LogP) is 2.00. The second-order valence-electron chi connectivity index (χ2n) is 6.12. The fourth-order valence-corrected chi connectivity index (χ4v) is 2.98. The average molecular weight is 386 g/mol. The molecule has 1 N–H and O–H groups in total. The van der Waals surface area contributed by atoms with Gasteiger partial charge in [0.05, 0.1) is 6.54 Å². The number of carbonyl (C=O) groups is 2. The second kappa shape index (κ2) is 7.20. The number of ketones is 1. The minimum atomic E-state index is -0.888. The lowest BCUT2D eigenvalue weighted by Gasteiger charge is -2.12. The van der Waals surface area contributed by atoms with E-state index in [0.717, 1.165) is 12.5 Å². The van der Waals surface area contributed by atoms with Gasteiger partial charge >= 0.3 is 0 Å². The Kier molecular flexibility index (Phi) is 4.96. The molecule has 0 aliphatic heterocycles. The molecule has 0 radical (unpaired) electrons. The number of hydrogen-bond donors (Lipinski definition) is 1. The summed E-state index contributed by atoms with van der Waals surface area (Å²) in [5, 5.41) is 2.85. The number of aromatic nitrogens is 2. The van der Waals surface area contributed by atoms with Crippen molar-refractivity contribution in [3.8, 4) is 0 Å². The van der Waals surface area contributed by atoms with Crippen molar-refractivity contribution in [3.05, 3.63) is 79.6 Å². The van der Waals surface area contributed by atoms with Crippen molar-refractivity contribution in [2.75, 3.05) is 5.32 Å². The number of Topliss-reactive ketones (excluding diaryl/α,β-unsaturated/α-hetero) is 1. The van der Waals surface area contributed by atoms with Crippen molar-refractivity contribution in [1.82, 2.24) is 8.97 Å². The number of halogens is 1. The van der Waals surface area contributed by atoms with Gasteiger partial charge in [-0.05, 0) is 24.6 Å². The van der Waals surface area contributed by atoms with Gasteiger partial charge in [0.25, 0.3) is 11.5 Å². The Morgan fingerprint density at radius 3 is 2.59 bits per heavy atom. The van der Waals surface area contributed by atoms with Crippen LogP contribution in [0.4, 0.5) is 5.69 Å². The van der Waals surface area contributed by atoms with Crippen molar-refractivity contribution >= 4 is 34.5 Å². The highest BCUT2D eigenvalue weighted by atomic mass is 35.5. The van der Waals surface area contributed by atoms with Crippen LogP contribution in [0, 0.1) is 6.92 Å². The zero-order chi connectivity index (χ0) is 19.7. The van der Waals surface area contributed by atoms with E-state index in [1.165, 1.54) is 22.1 Å². The number of rotatable bonds is 4. The summed E-state index contributed by atoms with van der Waals surface area (Å²) in [6.07, 6.45) is 4.52. The minimum absolute atomic E-state index is 0.0582. The number of fused-ring (bicyclic) bond motifs is 1. The van der Waals surface area contributed by atoms with Gasteiger partial charge in [-0.3, -0.25) is 19.2 Å². The molecule has 0 aliphatic carbocycles. The number of carbonyl (C=O) groups excluding carboxylic acids is 2. The van der Waals surface area contributed by atoms with E-state index in [-0.39, 0.29) is 22.3 Å². The molecule has 1 amide bonds. The largest absolute Gasteiger partial charge is 0.315 e. The molecular weight excluding hydrogens is 370 g/mol. The predicted molar refractivity (Wildman–Crippen MR) is 103 cm³/mol. The maximum Gasteiger partial charge on any atom is 0.291 e. The van der Waals surface area contributed by atoms with Gasteiger partial charge in [0.1, 0.15) is 11.2 Å². The van der Waals surface area contributed by atoms with E-state index in [9.17, 15) is 19.2 Å². The van der Waals surface area contributed by atoms with E-state index >= 15 is 0 Å². The molecule has 138 valence electrons. The van der Waals surface area contributed by atoms with Crippen LogP contribution >= 0.6 is 11.6 Å². The number of aryl methyl sites for hydroxylation is 1. The van der Waals surface area contributed by atoms with Crippen molar-refractivity contribution in [3.63, 3.8) is 0 Å². The molecule has 0 atom stereocenters. The van der Waals surface area contributed by atoms with Crippen LogP contribution in [-0.4, -0.2) is 20.7 Å². The molecule has 0 fully saturated rings. The van der Waals surface area contributed by atoms with Crippen LogP contribution in [0.25, 0.3) is 5.52 Å². The maximum atomic E-state index is 12.9. The van der Waals surface area contributed by atoms with Gasteiger partial charge in [-0.1, -0.05) is 23.7 Å². The molecule has 0 aliphatic rings. The summed E-state index contributed by atoms with van der Waals surface area (Å²) in [4.78, 5) is 48.1. The Bertz CT molecular complexity index is 1190. The molecule has 0 bridgehead atoms. The van der Waals surface area contributed by atoms with Crippen molar-refractivity contribution in [2.45, 2.75) is 20.4 Å². The Morgan fingerprint density at radius 1 is 1.19 bits per heavy atom. The molecule has 0 unspecified atom stereocenters. The molecule has 0 saturated heterocycles. The van der Waals surface area contributed by atoms with E-state index in [1.807, 2.05) is 6.07 Å². The summed E-state index contributed by atoms with van der Waals surface area (Å²) in [6.45, 7) is 2.91. The van der Waals surface area contributed by atoms with Gasteiger partial charge in [0.15, 0.2) is 0 Å². The first kappa shape index (κ1) is 18.6. The number of pyridine rings is 1. The first-order chi connectivity index (χ1) is 12.8. The van der Waals surface area contributed by atoms with Gasteiger partial charge in [0.2, 0.25) is 11.2 Å². The molecule has 2 aromatic heterocycles. The molecule has 0 spiro atoms. The summed E-state index contributed by atoms with van der Waals surface area (Å²) >= 11 is 5.98. The van der Waals surface area contributed by atoms with Gasteiger partial charge in [0, 0.05) is 36.1 Å². The number of amides is 1. The Labute approximate surface area is 158 Å². The zero-order valence-electron chi connectivity index (χ0n) is 14.7. The summed E-state index contributed by atoms with van der Waals surface area (Å²) in [5.74, 6) is -1.60. The average Bonchev–Trinajstić information content (AvgIpc) is 2.61. The molecular formula is C19H16ClN3O4. The first-order valence-corrected chi connectivity index (χ1v) is 8.47. The molecule has 0 saturated carbocycles. The van der Waals surface area contributed by atoms with Gasteiger partial charge in [-0.15, -0.1) is 0 Å². The number of benzene rings is 1. The fraction of sp³-hybridized carbons (Fsp3) is 0.158. The topological polar surface area (TPSA) is 89.7 Å². The highest BCUT2D eigenvalue weighted by Gasteiger charge is 2.15. The molecule has 8 heteroatoms. The van der Waals surface area contributed by atoms with Crippen LogP contribution < -0.4 is 16.3 Å². The SMILES string of the molecule is CC(=O)C(=O)Nc1cn2ccn(Cc3cccc(Cl)c3)c(=O)c2c(C)c1=O. The zero-order valence-corrected chi connectivity index (χ0v) is 15.4.